The average molecular weight is 230 g/mol. The Balaban J connectivity index is 2.43. The lowest BCUT2D eigenvalue weighted by Gasteiger charge is -2.20. The van der Waals surface area contributed by atoms with Gasteiger partial charge in [-0.1, -0.05) is 6.92 Å². The van der Waals surface area contributed by atoms with Gasteiger partial charge in [-0.15, -0.1) is 0 Å². The Morgan fingerprint density at radius 3 is 2.76 bits per heavy atom. The highest BCUT2D eigenvalue weighted by Crippen LogP contribution is 2.23. The molecule has 4 nitrogen and oxygen atoms in total. The predicted octanol–water partition coefficient (Wildman–Crippen LogP) is 1.82. The summed E-state index contributed by atoms with van der Waals surface area (Å²) in [6, 6.07) is 2.19. The van der Waals surface area contributed by atoms with Gasteiger partial charge in [-0.05, 0) is 30.7 Å². The van der Waals surface area contributed by atoms with Crippen LogP contribution in [0.3, 0.4) is 0 Å². The third-order valence-electron chi connectivity index (χ3n) is 2.95. The molecule has 0 aliphatic heterocycles. The number of hydrogen-bond donors (Lipinski definition) is 1. The minimum absolute atomic E-state index is 0.154. The maximum absolute atomic E-state index is 4.22. The number of imidazole rings is 1. The van der Waals surface area contributed by atoms with E-state index in [0.717, 1.165) is 12.2 Å². The van der Waals surface area contributed by atoms with Crippen molar-refractivity contribution in [2.75, 3.05) is 6.54 Å². The lowest BCUT2D eigenvalue weighted by atomic mass is 10.0. The summed E-state index contributed by atoms with van der Waals surface area (Å²) < 4.78 is 2.04. The van der Waals surface area contributed by atoms with Gasteiger partial charge in [0.25, 0.3) is 0 Å². The Morgan fingerprint density at radius 1 is 1.35 bits per heavy atom. The molecule has 0 amide bonds. The van der Waals surface area contributed by atoms with Crippen LogP contribution in [0.1, 0.15) is 29.8 Å². The molecule has 90 valence electrons. The van der Waals surface area contributed by atoms with E-state index in [1.807, 2.05) is 42.6 Å². The maximum Gasteiger partial charge on any atom is 0.0946 e. The molecule has 1 unspecified atom stereocenters. The van der Waals surface area contributed by atoms with Crippen molar-refractivity contribution in [1.82, 2.24) is 19.9 Å². The fraction of sp³-hybridized carbons (Fsp3) is 0.385. The minimum Gasteiger partial charge on any atom is -0.336 e. The molecular weight excluding hydrogens is 212 g/mol. The third-order valence-corrected chi connectivity index (χ3v) is 2.95. The van der Waals surface area contributed by atoms with E-state index in [0.29, 0.717) is 0 Å². The van der Waals surface area contributed by atoms with Crippen LogP contribution in [-0.2, 0) is 7.05 Å². The molecule has 0 spiro atoms. The third kappa shape index (κ3) is 2.36. The van der Waals surface area contributed by atoms with Crippen molar-refractivity contribution < 1.29 is 0 Å². The summed E-state index contributed by atoms with van der Waals surface area (Å²) in [5, 5.41) is 3.48. The van der Waals surface area contributed by atoms with Crippen molar-refractivity contribution in [1.29, 1.82) is 0 Å². The first kappa shape index (κ1) is 11.8. The van der Waals surface area contributed by atoms with Crippen LogP contribution in [0.2, 0.25) is 0 Å². The first-order chi connectivity index (χ1) is 8.24. The molecule has 0 aliphatic carbocycles. The van der Waals surface area contributed by atoms with E-state index in [-0.39, 0.29) is 6.04 Å². The molecule has 1 N–H and O–H groups in total. The van der Waals surface area contributed by atoms with E-state index < -0.39 is 0 Å². The lowest BCUT2D eigenvalue weighted by Crippen LogP contribution is -2.24. The van der Waals surface area contributed by atoms with Crippen molar-refractivity contribution in [3.8, 4) is 0 Å². The predicted molar refractivity (Wildman–Crippen MR) is 67.7 cm³/mol. The van der Waals surface area contributed by atoms with Crippen LogP contribution in [-0.4, -0.2) is 21.1 Å². The molecule has 2 aromatic heterocycles. The second-order valence-corrected chi connectivity index (χ2v) is 4.15. The van der Waals surface area contributed by atoms with Gasteiger partial charge in [0.1, 0.15) is 0 Å². The summed E-state index contributed by atoms with van der Waals surface area (Å²) in [6.07, 6.45) is 7.48. The molecule has 0 radical (unpaired) electrons. The summed E-state index contributed by atoms with van der Waals surface area (Å²) in [6.45, 7) is 5.12. The van der Waals surface area contributed by atoms with Crippen molar-refractivity contribution >= 4 is 0 Å². The highest BCUT2D eigenvalue weighted by atomic mass is 15.1. The van der Waals surface area contributed by atoms with Gasteiger partial charge >= 0.3 is 0 Å². The van der Waals surface area contributed by atoms with E-state index in [1.54, 1.807) is 0 Å². The van der Waals surface area contributed by atoms with Crippen LogP contribution in [0.5, 0.6) is 0 Å². The lowest BCUT2D eigenvalue weighted by molar-refractivity contribution is 0.589. The Hall–Kier alpha value is -1.68. The molecule has 0 saturated carbocycles. The molecule has 0 fully saturated rings. The second-order valence-electron chi connectivity index (χ2n) is 4.15. The van der Waals surface area contributed by atoms with E-state index in [1.165, 1.54) is 11.1 Å². The summed E-state index contributed by atoms with van der Waals surface area (Å²) in [5.41, 5.74) is 3.60. The van der Waals surface area contributed by atoms with E-state index >= 15 is 0 Å². The Bertz CT molecular complexity index is 490. The summed E-state index contributed by atoms with van der Waals surface area (Å²) in [7, 11) is 2.01. The smallest absolute Gasteiger partial charge is 0.0946 e. The van der Waals surface area contributed by atoms with Gasteiger partial charge in [-0.2, -0.15) is 0 Å². The van der Waals surface area contributed by atoms with Crippen LogP contribution in [0, 0.1) is 6.92 Å². The fourth-order valence-electron chi connectivity index (χ4n) is 2.00. The number of nitrogens with one attached hydrogen (secondary N) is 1. The Morgan fingerprint density at radius 2 is 2.18 bits per heavy atom. The molecular formula is C13H18N4. The zero-order valence-electron chi connectivity index (χ0n) is 10.5. The molecule has 0 bridgehead atoms. The summed E-state index contributed by atoms with van der Waals surface area (Å²) >= 11 is 0. The molecule has 2 aromatic rings. The molecule has 1 atom stereocenters. The SMILES string of the molecule is CCNC(c1cnccc1C)c1cncn1C. The number of nitrogens with zero attached hydrogens (tertiary/aromatic N) is 3. The van der Waals surface area contributed by atoms with Crippen LogP contribution in [0.4, 0.5) is 0 Å². The van der Waals surface area contributed by atoms with Crippen molar-refractivity contribution in [2.45, 2.75) is 19.9 Å². The van der Waals surface area contributed by atoms with Gasteiger partial charge in [0.05, 0.1) is 24.3 Å². The maximum atomic E-state index is 4.22. The monoisotopic (exact) mass is 230 g/mol. The number of rotatable bonds is 4. The molecule has 0 saturated heterocycles. The van der Waals surface area contributed by atoms with Gasteiger partial charge < -0.3 is 9.88 Å². The van der Waals surface area contributed by atoms with Gasteiger partial charge in [0.15, 0.2) is 0 Å². The summed E-state index contributed by atoms with van der Waals surface area (Å²) in [5.74, 6) is 0. The quantitative estimate of drug-likeness (QED) is 0.871. The number of aromatic nitrogens is 3. The molecule has 2 heterocycles. The Labute approximate surface area is 102 Å². The van der Waals surface area contributed by atoms with Crippen LogP contribution in [0.25, 0.3) is 0 Å². The van der Waals surface area contributed by atoms with Gasteiger partial charge in [-0.3, -0.25) is 4.98 Å². The summed E-state index contributed by atoms with van der Waals surface area (Å²) in [4.78, 5) is 8.40. The first-order valence-corrected chi connectivity index (χ1v) is 5.84. The first-order valence-electron chi connectivity index (χ1n) is 5.84. The highest BCUT2D eigenvalue weighted by molar-refractivity contribution is 5.31. The van der Waals surface area contributed by atoms with Crippen LogP contribution >= 0.6 is 0 Å². The van der Waals surface area contributed by atoms with E-state index in [2.05, 4.69) is 29.1 Å². The van der Waals surface area contributed by atoms with Gasteiger partial charge in [-0.25, -0.2) is 4.98 Å². The van der Waals surface area contributed by atoms with Crippen LogP contribution < -0.4 is 5.32 Å². The molecule has 0 aromatic carbocycles. The zero-order chi connectivity index (χ0) is 12.3. The van der Waals surface area contributed by atoms with E-state index in [4.69, 9.17) is 0 Å². The number of hydrogen-bond acceptors (Lipinski definition) is 3. The van der Waals surface area contributed by atoms with Gasteiger partial charge in [0.2, 0.25) is 0 Å². The molecule has 0 aliphatic rings. The van der Waals surface area contributed by atoms with Gasteiger partial charge in [0, 0.05) is 19.4 Å². The Kier molecular flexibility index (Phi) is 3.54. The van der Waals surface area contributed by atoms with Crippen molar-refractivity contribution in [2.24, 2.45) is 7.05 Å². The normalized spacial score (nSPS) is 12.6. The van der Waals surface area contributed by atoms with Crippen molar-refractivity contribution in [3.63, 3.8) is 0 Å². The largest absolute Gasteiger partial charge is 0.336 e. The van der Waals surface area contributed by atoms with E-state index in [9.17, 15) is 0 Å². The molecule has 2 rings (SSSR count). The molecule has 4 heteroatoms. The molecule has 17 heavy (non-hydrogen) atoms. The number of aryl methyl sites for hydroxylation is 2. The topological polar surface area (TPSA) is 42.7 Å². The minimum atomic E-state index is 0.154. The average Bonchev–Trinajstić information content (AvgIpc) is 2.74. The zero-order valence-corrected chi connectivity index (χ0v) is 10.5. The van der Waals surface area contributed by atoms with Crippen LogP contribution in [0.15, 0.2) is 31.0 Å². The second kappa shape index (κ2) is 5.10. The number of pyridine rings is 1. The van der Waals surface area contributed by atoms with Crippen molar-refractivity contribution in [3.05, 3.63) is 47.8 Å². The highest BCUT2D eigenvalue weighted by Gasteiger charge is 2.17. The fourth-order valence-corrected chi connectivity index (χ4v) is 2.00. The standard InChI is InChI=1S/C13H18N4/c1-4-16-13(12-8-15-9-17(12)3)11-7-14-6-5-10(11)2/h5-9,13,16H,4H2,1-3H3.